The number of nitrogens with one attached hydrogen (secondary N) is 2. The summed E-state index contributed by atoms with van der Waals surface area (Å²) in [6, 6.07) is 13.7. The van der Waals surface area contributed by atoms with E-state index in [1.807, 2.05) is 31.2 Å². The Balaban J connectivity index is 1.58. The number of thioether (sulfide) groups is 1. The van der Waals surface area contributed by atoms with E-state index in [1.54, 1.807) is 24.3 Å². The largest absolute Gasteiger partial charge is 0.494 e. The van der Waals surface area contributed by atoms with Gasteiger partial charge in [-0.15, -0.1) is 0 Å². The standard InChI is InChI=1S/C21H18ClN3O4S2/c1-2-29-14-9-7-13(8-10-14)11-17-20(28)25(21(30)31-17)12-18(26)23-24-19(27)15-5-3-4-6-16(15)22/h3-11H,2,12H2,1H3,(H,23,26)(H,24,27). The zero-order valence-electron chi connectivity index (χ0n) is 16.4. The molecule has 1 aliphatic heterocycles. The number of ether oxygens (including phenoxy) is 1. The van der Waals surface area contributed by atoms with Gasteiger partial charge in [0.05, 0.1) is 22.1 Å². The van der Waals surface area contributed by atoms with Crippen LogP contribution in [-0.4, -0.2) is 40.1 Å². The van der Waals surface area contributed by atoms with Crippen LogP contribution in [0.1, 0.15) is 22.8 Å². The summed E-state index contributed by atoms with van der Waals surface area (Å²) in [4.78, 5) is 38.6. The Kier molecular flexibility index (Phi) is 7.67. The van der Waals surface area contributed by atoms with Crippen LogP contribution < -0.4 is 15.6 Å². The molecule has 3 rings (SSSR count). The van der Waals surface area contributed by atoms with Crippen LogP contribution in [0.2, 0.25) is 5.02 Å². The van der Waals surface area contributed by atoms with E-state index in [1.165, 1.54) is 11.0 Å². The Morgan fingerprint density at radius 3 is 2.55 bits per heavy atom. The molecule has 160 valence electrons. The van der Waals surface area contributed by atoms with Gasteiger partial charge in [-0.2, -0.15) is 0 Å². The Labute approximate surface area is 193 Å². The summed E-state index contributed by atoms with van der Waals surface area (Å²) in [6.45, 7) is 2.14. The highest BCUT2D eigenvalue weighted by molar-refractivity contribution is 8.26. The molecule has 0 aromatic heterocycles. The summed E-state index contributed by atoms with van der Waals surface area (Å²) < 4.78 is 5.66. The van der Waals surface area contributed by atoms with Crippen LogP contribution in [0.3, 0.4) is 0 Å². The third kappa shape index (κ3) is 5.84. The van der Waals surface area contributed by atoms with Gasteiger partial charge < -0.3 is 4.74 Å². The van der Waals surface area contributed by atoms with Crippen molar-refractivity contribution >= 4 is 63.7 Å². The van der Waals surface area contributed by atoms with Crippen LogP contribution >= 0.6 is 35.6 Å². The average molecular weight is 476 g/mol. The maximum atomic E-state index is 12.7. The number of thiocarbonyl (C=S) groups is 1. The van der Waals surface area contributed by atoms with Gasteiger partial charge in [-0.25, -0.2) is 0 Å². The summed E-state index contributed by atoms with van der Waals surface area (Å²) >= 11 is 12.3. The van der Waals surface area contributed by atoms with Crippen molar-refractivity contribution in [1.82, 2.24) is 15.8 Å². The Hall–Kier alpha value is -2.88. The molecule has 7 nitrogen and oxygen atoms in total. The zero-order valence-corrected chi connectivity index (χ0v) is 18.8. The molecule has 10 heteroatoms. The highest BCUT2D eigenvalue weighted by Gasteiger charge is 2.33. The van der Waals surface area contributed by atoms with E-state index in [0.29, 0.717) is 11.5 Å². The summed E-state index contributed by atoms with van der Waals surface area (Å²) in [7, 11) is 0. The van der Waals surface area contributed by atoms with Crippen molar-refractivity contribution in [1.29, 1.82) is 0 Å². The maximum Gasteiger partial charge on any atom is 0.271 e. The predicted molar refractivity (Wildman–Crippen MR) is 125 cm³/mol. The van der Waals surface area contributed by atoms with E-state index in [9.17, 15) is 14.4 Å². The molecule has 0 unspecified atom stereocenters. The van der Waals surface area contributed by atoms with E-state index >= 15 is 0 Å². The highest BCUT2D eigenvalue weighted by Crippen LogP contribution is 2.32. The van der Waals surface area contributed by atoms with Crippen LogP contribution in [0.15, 0.2) is 53.4 Å². The van der Waals surface area contributed by atoms with Crippen molar-refractivity contribution < 1.29 is 19.1 Å². The van der Waals surface area contributed by atoms with Crippen molar-refractivity contribution in [2.45, 2.75) is 6.92 Å². The molecule has 2 aromatic carbocycles. The van der Waals surface area contributed by atoms with Crippen LogP contribution in [0, 0.1) is 0 Å². The van der Waals surface area contributed by atoms with Crippen molar-refractivity contribution in [3.8, 4) is 5.75 Å². The number of carbonyl (C=O) groups excluding carboxylic acids is 3. The lowest BCUT2D eigenvalue weighted by molar-refractivity contribution is -0.129. The van der Waals surface area contributed by atoms with E-state index in [-0.39, 0.29) is 27.4 Å². The molecule has 3 amide bonds. The zero-order chi connectivity index (χ0) is 22.4. The summed E-state index contributed by atoms with van der Waals surface area (Å²) in [5.41, 5.74) is 5.56. The monoisotopic (exact) mass is 475 g/mol. The van der Waals surface area contributed by atoms with Gasteiger partial charge in [-0.1, -0.05) is 59.8 Å². The molecule has 1 heterocycles. The lowest BCUT2D eigenvalue weighted by atomic mass is 10.2. The SMILES string of the molecule is CCOc1ccc(C=C2SC(=S)N(CC(=O)NNC(=O)c3ccccc3Cl)C2=O)cc1. The third-order valence-electron chi connectivity index (χ3n) is 4.10. The molecule has 1 aliphatic rings. The fourth-order valence-corrected chi connectivity index (χ4v) is 4.11. The number of rotatable bonds is 6. The Morgan fingerprint density at radius 1 is 1.16 bits per heavy atom. The van der Waals surface area contributed by atoms with Gasteiger partial charge in [0.15, 0.2) is 0 Å². The van der Waals surface area contributed by atoms with Gasteiger partial charge in [0, 0.05) is 0 Å². The molecule has 0 bridgehead atoms. The first-order valence-electron chi connectivity index (χ1n) is 9.21. The minimum Gasteiger partial charge on any atom is -0.494 e. The number of nitrogens with zero attached hydrogens (tertiary/aromatic N) is 1. The van der Waals surface area contributed by atoms with Crippen molar-refractivity contribution in [3.63, 3.8) is 0 Å². The van der Waals surface area contributed by atoms with Crippen molar-refractivity contribution in [2.24, 2.45) is 0 Å². The third-order valence-corrected chi connectivity index (χ3v) is 5.81. The van der Waals surface area contributed by atoms with E-state index < -0.39 is 11.8 Å². The molecule has 0 spiro atoms. The van der Waals surface area contributed by atoms with Crippen molar-refractivity contribution in [2.75, 3.05) is 13.2 Å². The van der Waals surface area contributed by atoms with Gasteiger partial charge in [0.25, 0.3) is 17.7 Å². The fourth-order valence-electron chi connectivity index (χ4n) is 2.64. The van der Waals surface area contributed by atoms with Crippen molar-refractivity contribution in [3.05, 3.63) is 69.6 Å². The Bertz CT molecular complexity index is 1060. The average Bonchev–Trinajstić information content (AvgIpc) is 3.01. The van der Waals surface area contributed by atoms with E-state index in [2.05, 4.69) is 10.9 Å². The molecular weight excluding hydrogens is 458 g/mol. The lowest BCUT2D eigenvalue weighted by Crippen LogP contribution is -2.47. The topological polar surface area (TPSA) is 87.7 Å². The molecule has 0 radical (unpaired) electrons. The first-order valence-corrected chi connectivity index (χ1v) is 10.8. The van der Waals surface area contributed by atoms with E-state index in [4.69, 9.17) is 28.6 Å². The molecule has 2 N–H and O–H groups in total. The van der Waals surface area contributed by atoms with Gasteiger partial charge in [0.1, 0.15) is 16.6 Å². The lowest BCUT2D eigenvalue weighted by Gasteiger charge is -2.14. The molecule has 0 atom stereocenters. The molecular formula is C21H18ClN3O4S2. The number of hydrogen-bond acceptors (Lipinski definition) is 6. The van der Waals surface area contributed by atoms with Gasteiger partial charge in [-0.3, -0.25) is 30.1 Å². The quantitative estimate of drug-likeness (QED) is 0.378. The van der Waals surface area contributed by atoms with E-state index in [0.717, 1.165) is 23.1 Å². The number of hydrazine groups is 1. The molecule has 1 saturated heterocycles. The normalized spacial score (nSPS) is 14.6. The first kappa shape index (κ1) is 22.8. The Morgan fingerprint density at radius 2 is 1.87 bits per heavy atom. The van der Waals surface area contributed by atoms with Crippen LogP contribution in [-0.2, 0) is 9.59 Å². The predicted octanol–water partition coefficient (Wildman–Crippen LogP) is 3.40. The summed E-state index contributed by atoms with van der Waals surface area (Å²) in [5, 5.41) is 0.255. The second kappa shape index (κ2) is 10.4. The first-order chi connectivity index (χ1) is 14.9. The second-order valence-electron chi connectivity index (χ2n) is 6.25. The van der Waals surface area contributed by atoms with Gasteiger partial charge >= 0.3 is 0 Å². The van der Waals surface area contributed by atoms with Gasteiger partial charge in [-0.05, 0) is 42.8 Å². The summed E-state index contributed by atoms with van der Waals surface area (Å²) in [6.07, 6.45) is 1.70. The number of amides is 3. The maximum absolute atomic E-state index is 12.7. The summed E-state index contributed by atoms with van der Waals surface area (Å²) in [5.74, 6) is -0.807. The number of carbonyl (C=O) groups is 3. The van der Waals surface area contributed by atoms with Gasteiger partial charge in [0.2, 0.25) is 0 Å². The second-order valence-corrected chi connectivity index (χ2v) is 8.34. The minimum absolute atomic E-state index is 0.216. The number of benzene rings is 2. The number of halogens is 1. The van der Waals surface area contributed by atoms with Crippen LogP contribution in [0.5, 0.6) is 5.75 Å². The molecule has 2 aromatic rings. The highest BCUT2D eigenvalue weighted by atomic mass is 35.5. The smallest absolute Gasteiger partial charge is 0.271 e. The molecule has 31 heavy (non-hydrogen) atoms. The minimum atomic E-state index is -0.598. The van der Waals surface area contributed by atoms with Crippen LogP contribution in [0.25, 0.3) is 6.08 Å². The molecule has 0 saturated carbocycles. The fraction of sp³-hybridized carbons (Fsp3) is 0.143. The van der Waals surface area contributed by atoms with Crippen LogP contribution in [0.4, 0.5) is 0 Å². The number of hydrogen-bond donors (Lipinski definition) is 2. The molecule has 1 fully saturated rings. The molecule has 0 aliphatic carbocycles.